The van der Waals surface area contributed by atoms with E-state index in [1.54, 1.807) is 36.1 Å². The zero-order chi connectivity index (χ0) is 22.4. The van der Waals surface area contributed by atoms with Gasteiger partial charge >= 0.3 is 0 Å². The lowest BCUT2D eigenvalue weighted by molar-refractivity contribution is -0.385. The summed E-state index contributed by atoms with van der Waals surface area (Å²) >= 11 is 0. The minimum atomic E-state index is -0.670. The summed E-state index contributed by atoms with van der Waals surface area (Å²) in [5, 5.41) is 18.9. The van der Waals surface area contributed by atoms with E-state index in [1.165, 1.54) is 6.07 Å². The molecule has 0 fully saturated rings. The van der Waals surface area contributed by atoms with Gasteiger partial charge in [-0.15, -0.1) is 0 Å². The second-order valence-corrected chi connectivity index (χ2v) is 6.66. The normalized spacial score (nSPS) is 11.1. The van der Waals surface area contributed by atoms with E-state index in [0.717, 1.165) is 11.6 Å². The summed E-state index contributed by atoms with van der Waals surface area (Å²) < 4.78 is 27.2. The highest BCUT2D eigenvalue weighted by atomic mass is 19.1. The van der Waals surface area contributed by atoms with Gasteiger partial charge < -0.3 is 14.8 Å². The van der Waals surface area contributed by atoms with Crippen molar-refractivity contribution in [1.82, 2.24) is 14.8 Å². The van der Waals surface area contributed by atoms with E-state index in [0.29, 0.717) is 24.7 Å². The Labute approximate surface area is 179 Å². The van der Waals surface area contributed by atoms with Gasteiger partial charge in [-0.25, -0.2) is 9.07 Å². The number of pyridine rings is 1. The molecule has 0 unspecified atom stereocenters. The SMILES string of the molecule is CCOC(Cn1nc(-c2cccnc2)cc1Nc1cc([N+](=O)[O-])cc(F)c1C)OCC. The Balaban J connectivity index is 2.02. The molecule has 0 atom stereocenters. The lowest BCUT2D eigenvalue weighted by Gasteiger charge is -2.19. The van der Waals surface area contributed by atoms with Crippen molar-refractivity contribution in [1.29, 1.82) is 0 Å². The molecule has 1 aromatic carbocycles. The van der Waals surface area contributed by atoms with Crippen LogP contribution in [-0.4, -0.2) is 39.2 Å². The molecular formula is C21H24FN5O4. The maximum atomic E-state index is 14.3. The molecule has 2 aromatic heterocycles. The molecule has 3 aromatic rings. The van der Waals surface area contributed by atoms with Crippen molar-refractivity contribution < 1.29 is 18.8 Å². The number of benzene rings is 1. The summed E-state index contributed by atoms with van der Waals surface area (Å²) in [7, 11) is 0. The maximum Gasteiger partial charge on any atom is 0.274 e. The smallest absolute Gasteiger partial charge is 0.274 e. The van der Waals surface area contributed by atoms with Gasteiger partial charge in [-0.05, 0) is 32.9 Å². The number of non-ortho nitro benzene ring substituents is 1. The number of halogens is 1. The van der Waals surface area contributed by atoms with Gasteiger partial charge in [0, 0.05) is 48.9 Å². The van der Waals surface area contributed by atoms with Gasteiger partial charge in [0.1, 0.15) is 11.6 Å². The van der Waals surface area contributed by atoms with E-state index in [1.807, 2.05) is 19.9 Å². The van der Waals surface area contributed by atoms with Crippen LogP contribution in [-0.2, 0) is 16.0 Å². The predicted octanol–water partition coefficient (Wildman–Crippen LogP) is 4.44. The highest BCUT2D eigenvalue weighted by Crippen LogP contribution is 2.30. The topological polar surface area (TPSA) is 104 Å². The van der Waals surface area contributed by atoms with Crippen LogP contribution in [0.5, 0.6) is 0 Å². The van der Waals surface area contributed by atoms with Crippen molar-refractivity contribution in [2.24, 2.45) is 0 Å². The molecule has 0 saturated carbocycles. The number of nitrogens with one attached hydrogen (secondary N) is 1. The second kappa shape index (κ2) is 10.1. The van der Waals surface area contributed by atoms with E-state index in [-0.39, 0.29) is 23.5 Å². The number of anilines is 2. The fraction of sp³-hybridized carbons (Fsp3) is 0.333. The third-order valence-corrected chi connectivity index (χ3v) is 4.57. The van der Waals surface area contributed by atoms with Crippen LogP contribution < -0.4 is 5.32 Å². The van der Waals surface area contributed by atoms with Crippen molar-refractivity contribution >= 4 is 17.2 Å². The van der Waals surface area contributed by atoms with Crippen LogP contribution in [0.4, 0.5) is 21.6 Å². The van der Waals surface area contributed by atoms with Crippen molar-refractivity contribution in [3.63, 3.8) is 0 Å². The van der Waals surface area contributed by atoms with Crippen LogP contribution in [0.3, 0.4) is 0 Å². The number of hydrogen-bond donors (Lipinski definition) is 1. The predicted molar refractivity (Wildman–Crippen MR) is 114 cm³/mol. The number of hydrogen-bond acceptors (Lipinski definition) is 7. The maximum absolute atomic E-state index is 14.3. The second-order valence-electron chi connectivity index (χ2n) is 6.66. The van der Waals surface area contributed by atoms with Crippen molar-refractivity contribution in [3.8, 4) is 11.3 Å². The molecule has 0 aliphatic rings. The first-order valence-corrected chi connectivity index (χ1v) is 9.85. The molecule has 9 nitrogen and oxygen atoms in total. The number of aromatic nitrogens is 3. The van der Waals surface area contributed by atoms with Crippen molar-refractivity contribution in [3.05, 3.63) is 64.2 Å². The molecule has 0 aliphatic carbocycles. The molecule has 0 amide bonds. The van der Waals surface area contributed by atoms with E-state index in [9.17, 15) is 14.5 Å². The van der Waals surface area contributed by atoms with Gasteiger partial charge in [0.05, 0.1) is 28.9 Å². The zero-order valence-corrected chi connectivity index (χ0v) is 17.5. The van der Waals surface area contributed by atoms with Crippen LogP contribution in [0.1, 0.15) is 19.4 Å². The molecule has 0 saturated heterocycles. The summed E-state index contributed by atoms with van der Waals surface area (Å²) in [6.07, 6.45) is 2.80. The molecule has 10 heteroatoms. The van der Waals surface area contributed by atoms with E-state index in [4.69, 9.17) is 9.47 Å². The molecule has 3 rings (SSSR count). The van der Waals surface area contributed by atoms with Gasteiger partial charge in [0.2, 0.25) is 0 Å². The first-order valence-electron chi connectivity index (χ1n) is 9.85. The van der Waals surface area contributed by atoms with E-state index >= 15 is 0 Å². The quantitative estimate of drug-likeness (QED) is 0.288. The number of ether oxygens (including phenoxy) is 2. The molecular weight excluding hydrogens is 405 g/mol. The highest BCUT2D eigenvalue weighted by Gasteiger charge is 2.19. The Morgan fingerprint density at radius 2 is 2.00 bits per heavy atom. The fourth-order valence-electron chi connectivity index (χ4n) is 3.02. The Kier molecular flexibility index (Phi) is 7.27. The first kappa shape index (κ1) is 22.3. The summed E-state index contributed by atoms with van der Waals surface area (Å²) in [6, 6.07) is 7.62. The molecule has 164 valence electrons. The van der Waals surface area contributed by atoms with Crippen molar-refractivity contribution in [2.75, 3.05) is 18.5 Å². The molecule has 2 heterocycles. The van der Waals surface area contributed by atoms with Gasteiger partial charge in [-0.1, -0.05) is 0 Å². The fourth-order valence-corrected chi connectivity index (χ4v) is 3.02. The third kappa shape index (κ3) is 5.41. The monoisotopic (exact) mass is 429 g/mol. The van der Waals surface area contributed by atoms with Gasteiger partial charge in [0.25, 0.3) is 5.69 Å². The van der Waals surface area contributed by atoms with Crippen LogP contribution in [0.15, 0.2) is 42.7 Å². The first-order chi connectivity index (χ1) is 14.9. The van der Waals surface area contributed by atoms with E-state index < -0.39 is 17.0 Å². The standard InChI is InChI=1S/C21H24FN5O4/c1-4-30-21(31-5-2)13-26-20(11-19(25-26)15-7-6-8-23-12-15)24-18-10-16(27(28)29)9-17(22)14(18)3/h6-12,21,24H,4-5,13H2,1-3H3. The third-order valence-electron chi connectivity index (χ3n) is 4.57. The van der Waals surface area contributed by atoms with Crippen LogP contribution in [0.2, 0.25) is 0 Å². The Morgan fingerprint density at radius 1 is 1.26 bits per heavy atom. The Bertz CT molecular complexity index is 1040. The summed E-state index contributed by atoms with van der Waals surface area (Å²) in [5.41, 5.74) is 1.61. The number of nitrogens with zero attached hydrogens (tertiary/aromatic N) is 4. The minimum absolute atomic E-state index is 0.257. The highest BCUT2D eigenvalue weighted by molar-refractivity contribution is 5.69. The summed E-state index contributed by atoms with van der Waals surface area (Å²) in [5.74, 6) is -0.164. The van der Waals surface area contributed by atoms with E-state index in [2.05, 4.69) is 15.4 Å². The average molecular weight is 429 g/mol. The molecule has 31 heavy (non-hydrogen) atoms. The molecule has 0 spiro atoms. The number of nitro groups is 1. The summed E-state index contributed by atoms with van der Waals surface area (Å²) in [4.78, 5) is 14.7. The molecule has 0 aliphatic heterocycles. The van der Waals surface area contributed by atoms with Crippen LogP contribution in [0.25, 0.3) is 11.3 Å². The Morgan fingerprint density at radius 3 is 2.61 bits per heavy atom. The number of nitro benzene ring substituents is 1. The average Bonchev–Trinajstić information content (AvgIpc) is 3.14. The lowest BCUT2D eigenvalue weighted by atomic mass is 10.1. The minimum Gasteiger partial charge on any atom is -0.351 e. The van der Waals surface area contributed by atoms with Crippen molar-refractivity contribution in [2.45, 2.75) is 33.6 Å². The van der Waals surface area contributed by atoms with Gasteiger partial charge in [-0.3, -0.25) is 15.1 Å². The molecule has 0 bridgehead atoms. The van der Waals surface area contributed by atoms with Crippen LogP contribution in [0, 0.1) is 22.9 Å². The van der Waals surface area contributed by atoms with Gasteiger partial charge in [0.15, 0.2) is 6.29 Å². The number of rotatable bonds is 10. The van der Waals surface area contributed by atoms with Crippen LogP contribution >= 0.6 is 0 Å². The van der Waals surface area contributed by atoms with Gasteiger partial charge in [-0.2, -0.15) is 5.10 Å². The molecule has 0 radical (unpaired) electrons. The molecule has 1 N–H and O–H groups in total. The largest absolute Gasteiger partial charge is 0.351 e. The lowest BCUT2D eigenvalue weighted by Crippen LogP contribution is -2.25. The zero-order valence-electron chi connectivity index (χ0n) is 17.5. The summed E-state index contributed by atoms with van der Waals surface area (Å²) in [6.45, 7) is 6.46. The Hall–Kier alpha value is -3.37.